The number of hydrogen-bond acceptors (Lipinski definition) is 1. The molecule has 1 amide bonds. The topological polar surface area (TPSA) is 29.1 Å². The van der Waals surface area contributed by atoms with Gasteiger partial charge in [0.2, 0.25) is 5.91 Å². The molecule has 1 N–H and O–H groups in total. The van der Waals surface area contributed by atoms with Gasteiger partial charge in [0.15, 0.2) is 0 Å². The summed E-state index contributed by atoms with van der Waals surface area (Å²) >= 11 is 3.45. The molecule has 0 aliphatic carbocycles. The van der Waals surface area contributed by atoms with Crippen LogP contribution in [0.2, 0.25) is 0 Å². The maximum atomic E-state index is 13.3. The van der Waals surface area contributed by atoms with Crippen molar-refractivity contribution in [3.63, 3.8) is 0 Å². The Morgan fingerprint density at radius 1 is 1.39 bits per heavy atom. The molecule has 0 saturated heterocycles. The van der Waals surface area contributed by atoms with E-state index in [1.54, 1.807) is 0 Å². The van der Waals surface area contributed by atoms with Crippen LogP contribution in [-0.2, 0) is 11.2 Å². The molecule has 0 saturated carbocycles. The van der Waals surface area contributed by atoms with E-state index < -0.39 is 11.6 Å². The van der Waals surface area contributed by atoms with Gasteiger partial charge < -0.3 is 5.32 Å². The van der Waals surface area contributed by atoms with Gasteiger partial charge in [-0.25, -0.2) is 8.78 Å². The number of rotatable bonds is 6. The van der Waals surface area contributed by atoms with Gasteiger partial charge in [0, 0.05) is 16.9 Å². The summed E-state index contributed by atoms with van der Waals surface area (Å²) in [5.74, 6) is -1.73. The molecule has 0 heterocycles. The van der Waals surface area contributed by atoms with Crippen molar-refractivity contribution in [2.75, 3.05) is 6.54 Å². The second-order valence-corrected chi connectivity index (χ2v) is 5.32. The molecular weight excluding hydrogens is 304 g/mol. The number of benzene rings is 1. The maximum absolute atomic E-state index is 13.3. The second-order valence-electron chi connectivity index (χ2n) is 4.02. The van der Waals surface area contributed by atoms with Crippen LogP contribution in [0, 0.1) is 11.6 Å². The van der Waals surface area contributed by atoms with Gasteiger partial charge in [-0.3, -0.25) is 4.79 Å². The molecule has 0 aromatic heterocycles. The van der Waals surface area contributed by atoms with Gasteiger partial charge in [0.25, 0.3) is 0 Å². The lowest BCUT2D eigenvalue weighted by Gasteiger charge is -2.09. The first-order chi connectivity index (χ1) is 8.54. The summed E-state index contributed by atoms with van der Waals surface area (Å²) in [5, 5.41) is 2.65. The minimum atomic E-state index is -0.683. The van der Waals surface area contributed by atoms with Crippen molar-refractivity contribution in [3.8, 4) is 0 Å². The van der Waals surface area contributed by atoms with E-state index in [4.69, 9.17) is 0 Å². The highest BCUT2D eigenvalue weighted by Gasteiger charge is 2.12. The van der Waals surface area contributed by atoms with Crippen LogP contribution in [0.1, 0.15) is 25.3 Å². The van der Waals surface area contributed by atoms with Crippen molar-refractivity contribution in [1.82, 2.24) is 5.32 Å². The summed E-state index contributed by atoms with van der Waals surface area (Å²) in [5.41, 5.74) is -0.180. The fraction of sp³-hybridized carbons (Fsp3) is 0.462. The van der Waals surface area contributed by atoms with E-state index in [-0.39, 0.29) is 17.9 Å². The SMILES string of the molecule is CCC(Br)CCNC(=O)Cc1c(F)cccc1F. The Morgan fingerprint density at radius 2 is 2.00 bits per heavy atom. The lowest BCUT2D eigenvalue weighted by Crippen LogP contribution is -2.28. The van der Waals surface area contributed by atoms with Crippen LogP contribution in [0.3, 0.4) is 0 Å². The Hall–Kier alpha value is -0.970. The third-order valence-electron chi connectivity index (χ3n) is 2.62. The van der Waals surface area contributed by atoms with Crippen molar-refractivity contribution >= 4 is 21.8 Å². The number of carbonyl (C=O) groups is 1. The zero-order chi connectivity index (χ0) is 13.5. The molecule has 0 fully saturated rings. The van der Waals surface area contributed by atoms with Crippen molar-refractivity contribution in [2.45, 2.75) is 31.0 Å². The first-order valence-corrected chi connectivity index (χ1v) is 6.79. The van der Waals surface area contributed by atoms with E-state index in [1.807, 2.05) is 6.92 Å². The summed E-state index contributed by atoms with van der Waals surface area (Å²) in [6, 6.07) is 3.58. The standard InChI is InChI=1S/C13H16BrF2NO/c1-2-9(14)6-7-17-13(18)8-10-11(15)4-3-5-12(10)16/h3-5,9H,2,6-8H2,1H3,(H,17,18). The van der Waals surface area contributed by atoms with Crippen molar-refractivity contribution in [2.24, 2.45) is 0 Å². The normalized spacial score (nSPS) is 12.2. The fourth-order valence-corrected chi connectivity index (χ4v) is 1.73. The zero-order valence-electron chi connectivity index (χ0n) is 10.2. The van der Waals surface area contributed by atoms with Gasteiger partial charge in [-0.1, -0.05) is 28.9 Å². The zero-order valence-corrected chi connectivity index (χ0v) is 11.8. The quantitative estimate of drug-likeness (QED) is 0.802. The molecule has 2 nitrogen and oxygen atoms in total. The summed E-state index contributed by atoms with van der Waals surface area (Å²) in [7, 11) is 0. The molecule has 1 unspecified atom stereocenters. The Balaban J connectivity index is 2.45. The van der Waals surface area contributed by atoms with E-state index in [9.17, 15) is 13.6 Å². The summed E-state index contributed by atoms with van der Waals surface area (Å²) in [6.45, 7) is 2.54. The van der Waals surface area contributed by atoms with E-state index in [0.29, 0.717) is 11.4 Å². The third kappa shape index (κ3) is 4.72. The molecule has 1 aromatic rings. The number of nitrogens with one attached hydrogen (secondary N) is 1. The van der Waals surface area contributed by atoms with Gasteiger partial charge >= 0.3 is 0 Å². The second kappa shape index (κ2) is 7.46. The lowest BCUT2D eigenvalue weighted by molar-refractivity contribution is -0.120. The summed E-state index contributed by atoms with van der Waals surface area (Å²) in [4.78, 5) is 11.9. The summed E-state index contributed by atoms with van der Waals surface area (Å²) in [6.07, 6.45) is 1.50. The van der Waals surface area contributed by atoms with Crippen molar-refractivity contribution in [3.05, 3.63) is 35.4 Å². The molecule has 0 aliphatic heterocycles. The van der Waals surface area contributed by atoms with Gasteiger partial charge in [0.05, 0.1) is 6.42 Å². The van der Waals surface area contributed by atoms with Crippen LogP contribution >= 0.6 is 15.9 Å². The van der Waals surface area contributed by atoms with Gasteiger partial charge in [-0.15, -0.1) is 0 Å². The minimum Gasteiger partial charge on any atom is -0.356 e. The van der Waals surface area contributed by atoms with Crippen LogP contribution in [0.5, 0.6) is 0 Å². The van der Waals surface area contributed by atoms with Crippen LogP contribution in [-0.4, -0.2) is 17.3 Å². The van der Waals surface area contributed by atoms with Crippen molar-refractivity contribution < 1.29 is 13.6 Å². The number of amides is 1. The molecule has 0 aliphatic rings. The van der Waals surface area contributed by atoms with Gasteiger partial charge in [-0.2, -0.15) is 0 Å². The first-order valence-electron chi connectivity index (χ1n) is 5.88. The Labute approximate surface area is 114 Å². The Bertz CT molecular complexity index is 392. The molecule has 0 bridgehead atoms. The number of alkyl halides is 1. The molecule has 1 rings (SSSR count). The predicted octanol–water partition coefficient (Wildman–Crippen LogP) is 3.19. The molecule has 0 spiro atoms. The number of hydrogen-bond donors (Lipinski definition) is 1. The van der Waals surface area contributed by atoms with Gasteiger partial charge in [-0.05, 0) is 25.0 Å². The van der Waals surface area contributed by atoms with Crippen LogP contribution in [0.15, 0.2) is 18.2 Å². The summed E-state index contributed by atoms with van der Waals surface area (Å²) < 4.78 is 26.6. The number of carbonyl (C=O) groups excluding carboxylic acids is 1. The lowest BCUT2D eigenvalue weighted by atomic mass is 10.1. The maximum Gasteiger partial charge on any atom is 0.224 e. The van der Waals surface area contributed by atoms with Crippen LogP contribution in [0.25, 0.3) is 0 Å². The molecule has 18 heavy (non-hydrogen) atoms. The highest BCUT2D eigenvalue weighted by atomic mass is 79.9. The molecule has 100 valence electrons. The fourth-order valence-electron chi connectivity index (χ4n) is 1.50. The largest absolute Gasteiger partial charge is 0.356 e. The van der Waals surface area contributed by atoms with E-state index in [0.717, 1.165) is 25.0 Å². The van der Waals surface area contributed by atoms with E-state index in [2.05, 4.69) is 21.2 Å². The monoisotopic (exact) mass is 319 g/mol. The van der Waals surface area contributed by atoms with Crippen LogP contribution in [0.4, 0.5) is 8.78 Å². The van der Waals surface area contributed by atoms with Gasteiger partial charge in [0.1, 0.15) is 11.6 Å². The minimum absolute atomic E-state index is 0.180. The first kappa shape index (κ1) is 15.1. The molecule has 0 radical (unpaired) electrons. The highest BCUT2D eigenvalue weighted by molar-refractivity contribution is 9.09. The molecule has 1 aromatic carbocycles. The highest BCUT2D eigenvalue weighted by Crippen LogP contribution is 2.12. The van der Waals surface area contributed by atoms with Crippen molar-refractivity contribution in [1.29, 1.82) is 0 Å². The third-order valence-corrected chi connectivity index (χ3v) is 3.73. The molecule has 5 heteroatoms. The smallest absolute Gasteiger partial charge is 0.224 e. The average molecular weight is 320 g/mol. The number of halogens is 3. The average Bonchev–Trinajstić information content (AvgIpc) is 2.34. The molecule has 1 atom stereocenters. The van der Waals surface area contributed by atoms with E-state index in [1.165, 1.54) is 6.07 Å². The van der Waals surface area contributed by atoms with Crippen LogP contribution < -0.4 is 5.32 Å². The molecular formula is C13H16BrF2NO. The Morgan fingerprint density at radius 3 is 2.56 bits per heavy atom. The van der Waals surface area contributed by atoms with E-state index >= 15 is 0 Å². The predicted molar refractivity (Wildman–Crippen MR) is 70.7 cm³/mol. The Kier molecular flexibility index (Phi) is 6.25.